The van der Waals surface area contributed by atoms with Gasteiger partial charge < -0.3 is 5.32 Å². The summed E-state index contributed by atoms with van der Waals surface area (Å²) in [6, 6.07) is 11.1. The maximum atomic E-state index is 12.2. The first-order valence-electron chi connectivity index (χ1n) is 5.50. The molecule has 0 aromatic heterocycles. The number of anilines is 1. The smallest absolute Gasteiger partial charge is 0.256 e. The lowest BCUT2D eigenvalue weighted by Gasteiger charge is -2.09. The van der Waals surface area contributed by atoms with Crippen molar-refractivity contribution in [2.45, 2.75) is 6.92 Å². The van der Waals surface area contributed by atoms with Crippen molar-refractivity contribution in [3.05, 3.63) is 60.6 Å². The summed E-state index contributed by atoms with van der Waals surface area (Å²) >= 11 is 11.7. The Kier molecular flexibility index (Phi) is 4.86. The van der Waals surface area contributed by atoms with Crippen molar-refractivity contribution in [3.63, 3.8) is 0 Å². The minimum absolute atomic E-state index is 0.184. The summed E-state index contributed by atoms with van der Waals surface area (Å²) in [5.41, 5.74) is 2.25. The van der Waals surface area contributed by atoms with Gasteiger partial charge in [-0.15, -0.1) is 0 Å². The van der Waals surface area contributed by atoms with E-state index in [1.54, 1.807) is 6.07 Å². The molecule has 0 aliphatic rings. The van der Waals surface area contributed by atoms with Crippen LogP contribution < -0.4 is 5.32 Å². The van der Waals surface area contributed by atoms with Crippen LogP contribution in [0.5, 0.6) is 0 Å². The Morgan fingerprint density at radius 1 is 1.26 bits per heavy atom. The third-order valence-electron chi connectivity index (χ3n) is 2.55. The third kappa shape index (κ3) is 3.70. The molecule has 0 fully saturated rings. The van der Waals surface area contributed by atoms with Crippen LogP contribution in [-0.4, -0.2) is 5.91 Å². The molecule has 1 N–H and O–H groups in total. The monoisotopic (exact) mass is 449 g/mol. The number of carbonyl (C=O) groups excluding carboxylic acids is 1. The summed E-state index contributed by atoms with van der Waals surface area (Å²) < 4.78 is 1.76. The van der Waals surface area contributed by atoms with Crippen LogP contribution in [0.1, 0.15) is 15.9 Å². The average Bonchev–Trinajstić information content (AvgIpc) is 2.35. The molecule has 0 spiro atoms. The quantitative estimate of drug-likeness (QED) is 0.621. The lowest BCUT2D eigenvalue weighted by molar-refractivity contribution is 0.102. The molecule has 0 heterocycles. The van der Waals surface area contributed by atoms with E-state index in [9.17, 15) is 4.79 Å². The summed E-state index contributed by atoms with van der Waals surface area (Å²) in [5.74, 6) is -0.184. The molecule has 2 aromatic carbocycles. The van der Waals surface area contributed by atoms with E-state index in [0.29, 0.717) is 16.3 Å². The lowest BCUT2D eigenvalue weighted by Crippen LogP contribution is -2.13. The number of hydrogen-bond donors (Lipinski definition) is 1. The number of hydrogen-bond acceptors (Lipinski definition) is 1. The van der Waals surface area contributed by atoms with Gasteiger partial charge in [0.2, 0.25) is 0 Å². The van der Waals surface area contributed by atoms with Crippen molar-refractivity contribution in [2.75, 3.05) is 5.32 Å². The largest absolute Gasteiger partial charge is 0.321 e. The Morgan fingerprint density at radius 2 is 2.00 bits per heavy atom. The summed E-state index contributed by atoms with van der Waals surface area (Å²) in [4.78, 5) is 12.2. The number of benzene rings is 2. The van der Waals surface area contributed by atoms with Crippen molar-refractivity contribution in [1.82, 2.24) is 0 Å². The van der Waals surface area contributed by atoms with Crippen LogP contribution >= 0.6 is 50.1 Å². The highest BCUT2D eigenvalue weighted by Gasteiger charge is 2.12. The van der Waals surface area contributed by atoms with E-state index in [4.69, 9.17) is 11.6 Å². The van der Waals surface area contributed by atoms with Crippen LogP contribution in [0.2, 0.25) is 5.02 Å². The van der Waals surface area contributed by atoms with Gasteiger partial charge in [-0.2, -0.15) is 0 Å². The van der Waals surface area contributed by atoms with Crippen LogP contribution in [-0.2, 0) is 0 Å². The van der Waals surface area contributed by atoms with Gasteiger partial charge in [-0.25, -0.2) is 0 Å². The third-order valence-corrected chi connectivity index (χ3v) is 4.22. The Morgan fingerprint density at radius 3 is 2.68 bits per heavy atom. The Hall–Kier alpha value is -0.590. The van der Waals surface area contributed by atoms with Crippen molar-refractivity contribution in [2.24, 2.45) is 0 Å². The summed E-state index contributed by atoms with van der Waals surface area (Å²) in [6.45, 7) is 1.95. The minimum Gasteiger partial charge on any atom is -0.321 e. The predicted molar refractivity (Wildman–Crippen MR) is 91.0 cm³/mol. The highest BCUT2D eigenvalue weighted by molar-refractivity contribution is 14.1. The maximum Gasteiger partial charge on any atom is 0.256 e. The van der Waals surface area contributed by atoms with Gasteiger partial charge in [-0.3, -0.25) is 4.79 Å². The van der Waals surface area contributed by atoms with Crippen LogP contribution in [0.4, 0.5) is 5.69 Å². The van der Waals surface area contributed by atoms with E-state index < -0.39 is 0 Å². The molecule has 2 rings (SSSR count). The fourth-order valence-electron chi connectivity index (χ4n) is 1.58. The van der Waals surface area contributed by atoms with E-state index in [1.807, 2.05) is 37.3 Å². The van der Waals surface area contributed by atoms with Gasteiger partial charge in [0.1, 0.15) is 0 Å². The molecule has 0 saturated carbocycles. The number of nitrogens with one attached hydrogen (secondary N) is 1. The van der Waals surface area contributed by atoms with E-state index >= 15 is 0 Å². The van der Waals surface area contributed by atoms with Crippen LogP contribution in [0.25, 0.3) is 0 Å². The van der Waals surface area contributed by atoms with Crippen LogP contribution in [0.15, 0.2) is 40.9 Å². The van der Waals surface area contributed by atoms with Crippen LogP contribution in [0.3, 0.4) is 0 Å². The summed E-state index contributed by atoms with van der Waals surface area (Å²) in [6.07, 6.45) is 0. The Bertz CT molecular complexity index is 645. The zero-order valence-corrected chi connectivity index (χ0v) is 14.5. The molecule has 5 heteroatoms. The fourth-order valence-corrected chi connectivity index (χ4v) is 2.78. The normalized spacial score (nSPS) is 10.3. The van der Waals surface area contributed by atoms with Crippen molar-refractivity contribution in [1.29, 1.82) is 0 Å². The molecule has 0 atom stereocenters. The van der Waals surface area contributed by atoms with E-state index in [2.05, 4.69) is 43.8 Å². The summed E-state index contributed by atoms with van der Waals surface area (Å²) in [7, 11) is 0. The van der Waals surface area contributed by atoms with Gasteiger partial charge in [0.05, 0.1) is 16.3 Å². The van der Waals surface area contributed by atoms with E-state index in [1.165, 1.54) is 0 Å². The molecular formula is C14H10BrClINO. The van der Waals surface area contributed by atoms with E-state index in [0.717, 1.165) is 13.6 Å². The molecule has 98 valence electrons. The van der Waals surface area contributed by atoms with Gasteiger partial charge >= 0.3 is 0 Å². The average molecular weight is 451 g/mol. The zero-order chi connectivity index (χ0) is 14.0. The zero-order valence-electron chi connectivity index (χ0n) is 10.0. The predicted octanol–water partition coefficient (Wildman–Crippen LogP) is 5.27. The van der Waals surface area contributed by atoms with Crippen molar-refractivity contribution in [3.8, 4) is 0 Å². The number of aryl methyl sites for hydroxylation is 1. The van der Waals surface area contributed by atoms with Gasteiger partial charge in [0.25, 0.3) is 5.91 Å². The SMILES string of the molecule is Cc1ccc(NC(=O)c2cc(I)ccc2Br)c(Cl)c1. The molecule has 0 aliphatic carbocycles. The molecule has 19 heavy (non-hydrogen) atoms. The minimum atomic E-state index is -0.184. The van der Waals surface area contributed by atoms with Gasteiger partial charge in [-0.1, -0.05) is 17.7 Å². The first kappa shape index (κ1) is 14.8. The molecular weight excluding hydrogens is 440 g/mol. The van der Waals surface area contributed by atoms with Gasteiger partial charge in [0, 0.05) is 8.04 Å². The fraction of sp³-hybridized carbons (Fsp3) is 0.0714. The highest BCUT2D eigenvalue weighted by atomic mass is 127. The second-order valence-electron chi connectivity index (χ2n) is 4.06. The first-order chi connectivity index (χ1) is 8.97. The standard InChI is InChI=1S/C14H10BrClINO/c1-8-2-5-13(12(16)6-8)18-14(19)10-7-9(17)3-4-11(10)15/h2-7H,1H3,(H,18,19). The molecule has 0 bridgehead atoms. The lowest BCUT2D eigenvalue weighted by atomic mass is 10.2. The second kappa shape index (κ2) is 6.24. The molecule has 0 aliphatic heterocycles. The molecule has 1 amide bonds. The molecule has 2 aromatic rings. The molecule has 2 nitrogen and oxygen atoms in total. The number of carbonyl (C=O) groups is 1. The number of rotatable bonds is 2. The summed E-state index contributed by atoms with van der Waals surface area (Å²) in [5, 5.41) is 3.35. The van der Waals surface area contributed by atoms with Crippen molar-refractivity contribution >= 4 is 61.7 Å². The second-order valence-corrected chi connectivity index (χ2v) is 6.57. The topological polar surface area (TPSA) is 29.1 Å². The Labute approximate surface area is 138 Å². The molecule has 0 saturated heterocycles. The number of amides is 1. The highest BCUT2D eigenvalue weighted by Crippen LogP contribution is 2.25. The first-order valence-corrected chi connectivity index (χ1v) is 7.75. The maximum absolute atomic E-state index is 12.2. The van der Waals surface area contributed by atoms with Gasteiger partial charge in [-0.05, 0) is 81.3 Å². The molecule has 0 unspecified atom stereocenters. The van der Waals surface area contributed by atoms with E-state index in [-0.39, 0.29) is 5.91 Å². The van der Waals surface area contributed by atoms with Crippen molar-refractivity contribution < 1.29 is 4.79 Å². The van der Waals surface area contributed by atoms with Gasteiger partial charge in [0.15, 0.2) is 0 Å². The molecule has 0 radical (unpaired) electrons. The Balaban J connectivity index is 2.28. The number of halogens is 3. The van der Waals surface area contributed by atoms with Crippen LogP contribution in [0, 0.1) is 10.5 Å².